The second-order valence-electron chi connectivity index (χ2n) is 6.73. The quantitative estimate of drug-likeness (QED) is 0.928. The Labute approximate surface area is 127 Å². The van der Waals surface area contributed by atoms with E-state index in [9.17, 15) is 0 Å². The smallest absolute Gasteiger partial charge is 0.240 e. The lowest BCUT2D eigenvalue weighted by atomic mass is 9.91. The Kier molecular flexibility index (Phi) is 5.98. The van der Waals surface area contributed by atoms with Gasteiger partial charge in [0.25, 0.3) is 0 Å². The third-order valence-electron chi connectivity index (χ3n) is 3.87. The summed E-state index contributed by atoms with van der Waals surface area (Å²) in [6.07, 6.45) is 2.33. The molecule has 1 aliphatic heterocycles. The maximum absolute atomic E-state index is 5.96. The van der Waals surface area contributed by atoms with Crippen LogP contribution in [0.25, 0.3) is 0 Å². The Bertz CT molecular complexity index is 406. The Morgan fingerprint density at radius 2 is 1.95 bits per heavy atom. The molecule has 20 heavy (non-hydrogen) atoms. The average molecular weight is 303 g/mol. The van der Waals surface area contributed by atoms with Gasteiger partial charge in [-0.05, 0) is 38.8 Å². The van der Waals surface area contributed by atoms with Gasteiger partial charge in [-0.2, -0.15) is 4.98 Å². The lowest BCUT2D eigenvalue weighted by Gasteiger charge is -2.32. The van der Waals surface area contributed by atoms with E-state index in [2.05, 4.69) is 42.7 Å². The minimum Gasteiger partial charge on any atom is -0.338 e. The van der Waals surface area contributed by atoms with Crippen molar-refractivity contribution in [2.24, 2.45) is 11.7 Å². The van der Waals surface area contributed by atoms with E-state index >= 15 is 0 Å². The molecule has 0 bridgehead atoms. The highest BCUT2D eigenvalue weighted by atomic mass is 35.5. The first-order valence-electron chi connectivity index (χ1n) is 7.17. The van der Waals surface area contributed by atoms with Crippen LogP contribution in [0.5, 0.6) is 0 Å². The summed E-state index contributed by atoms with van der Waals surface area (Å²) < 4.78 is 5.34. The number of rotatable bonds is 3. The van der Waals surface area contributed by atoms with Crippen LogP contribution in [0.2, 0.25) is 0 Å². The predicted molar refractivity (Wildman–Crippen MR) is 81.9 cm³/mol. The fourth-order valence-corrected chi connectivity index (χ4v) is 2.45. The van der Waals surface area contributed by atoms with Crippen molar-refractivity contribution < 1.29 is 4.52 Å². The Morgan fingerprint density at radius 3 is 2.40 bits per heavy atom. The highest BCUT2D eigenvalue weighted by Gasteiger charge is 2.25. The summed E-state index contributed by atoms with van der Waals surface area (Å²) in [6, 6.07) is 0.304. The van der Waals surface area contributed by atoms with Gasteiger partial charge in [0.1, 0.15) is 0 Å². The van der Waals surface area contributed by atoms with Gasteiger partial charge < -0.3 is 10.3 Å². The van der Waals surface area contributed by atoms with Crippen molar-refractivity contribution >= 4 is 12.4 Å². The normalized spacial score (nSPS) is 19.6. The Balaban J connectivity index is 0.00000200. The summed E-state index contributed by atoms with van der Waals surface area (Å²) in [7, 11) is 0. The zero-order chi connectivity index (χ0) is 14.0. The summed E-state index contributed by atoms with van der Waals surface area (Å²) in [6.45, 7) is 11.3. The highest BCUT2D eigenvalue weighted by molar-refractivity contribution is 5.85. The molecule has 1 atom stereocenters. The molecule has 6 heteroatoms. The van der Waals surface area contributed by atoms with Crippen LogP contribution in [0.3, 0.4) is 0 Å². The van der Waals surface area contributed by atoms with Crippen LogP contribution in [0.4, 0.5) is 0 Å². The largest absolute Gasteiger partial charge is 0.338 e. The van der Waals surface area contributed by atoms with E-state index in [1.54, 1.807) is 0 Å². The number of nitrogens with two attached hydrogens (primary N) is 1. The number of hydrogen-bond donors (Lipinski definition) is 1. The number of piperidine rings is 1. The number of halogens is 1. The first-order valence-corrected chi connectivity index (χ1v) is 7.17. The highest BCUT2D eigenvalue weighted by Crippen LogP contribution is 2.22. The minimum atomic E-state index is -0.0519. The second kappa shape index (κ2) is 6.87. The first-order chi connectivity index (χ1) is 8.86. The van der Waals surface area contributed by atoms with Gasteiger partial charge in [-0.1, -0.05) is 25.9 Å². The molecule has 1 aliphatic rings. The topological polar surface area (TPSA) is 68.2 Å². The van der Waals surface area contributed by atoms with Crippen molar-refractivity contribution in [1.82, 2.24) is 15.0 Å². The molecule has 1 aromatic heterocycles. The molecule has 5 nitrogen and oxygen atoms in total. The van der Waals surface area contributed by atoms with Gasteiger partial charge in [-0.15, -0.1) is 12.4 Å². The van der Waals surface area contributed by atoms with Gasteiger partial charge in [0.05, 0.1) is 6.54 Å². The average Bonchev–Trinajstić information content (AvgIpc) is 2.78. The zero-order valence-electron chi connectivity index (χ0n) is 12.9. The molecule has 0 aromatic carbocycles. The third kappa shape index (κ3) is 4.43. The SMILES string of the molecule is CC(N)C1CCN(Cc2nc(C(C)(C)C)no2)CC1.Cl. The van der Waals surface area contributed by atoms with Gasteiger partial charge in [0, 0.05) is 11.5 Å². The van der Waals surface area contributed by atoms with Gasteiger partial charge in [-0.3, -0.25) is 4.90 Å². The van der Waals surface area contributed by atoms with Gasteiger partial charge in [0.2, 0.25) is 5.89 Å². The summed E-state index contributed by atoms with van der Waals surface area (Å²) in [4.78, 5) is 6.86. The summed E-state index contributed by atoms with van der Waals surface area (Å²) in [5, 5.41) is 4.06. The van der Waals surface area contributed by atoms with Crippen molar-refractivity contribution in [1.29, 1.82) is 0 Å². The van der Waals surface area contributed by atoms with Crippen LogP contribution in [0.1, 0.15) is 52.3 Å². The monoisotopic (exact) mass is 302 g/mol. The maximum Gasteiger partial charge on any atom is 0.240 e. The fraction of sp³-hybridized carbons (Fsp3) is 0.857. The van der Waals surface area contributed by atoms with Crippen molar-refractivity contribution in [3.05, 3.63) is 11.7 Å². The molecule has 0 spiro atoms. The first kappa shape index (κ1) is 17.4. The minimum absolute atomic E-state index is 0. The zero-order valence-corrected chi connectivity index (χ0v) is 13.7. The molecule has 0 amide bonds. The molecular weight excluding hydrogens is 276 g/mol. The number of nitrogens with zero attached hydrogens (tertiary/aromatic N) is 3. The second-order valence-corrected chi connectivity index (χ2v) is 6.73. The van der Waals surface area contributed by atoms with E-state index in [-0.39, 0.29) is 17.8 Å². The number of hydrogen-bond acceptors (Lipinski definition) is 5. The van der Waals surface area contributed by atoms with E-state index in [1.165, 1.54) is 0 Å². The van der Waals surface area contributed by atoms with Crippen molar-refractivity contribution in [3.63, 3.8) is 0 Å². The number of likely N-dealkylation sites (tertiary alicyclic amines) is 1. The number of aromatic nitrogens is 2. The lowest BCUT2D eigenvalue weighted by Crippen LogP contribution is -2.39. The molecule has 1 fully saturated rings. The molecule has 0 aliphatic carbocycles. The van der Waals surface area contributed by atoms with Gasteiger partial charge in [0.15, 0.2) is 5.82 Å². The van der Waals surface area contributed by atoms with Crippen LogP contribution in [0, 0.1) is 5.92 Å². The Hall–Kier alpha value is -0.650. The van der Waals surface area contributed by atoms with E-state index in [0.717, 1.165) is 44.2 Å². The van der Waals surface area contributed by atoms with Crippen LogP contribution in [-0.2, 0) is 12.0 Å². The summed E-state index contributed by atoms with van der Waals surface area (Å²) >= 11 is 0. The maximum atomic E-state index is 5.96. The summed E-state index contributed by atoms with van der Waals surface area (Å²) in [5.74, 6) is 2.17. The van der Waals surface area contributed by atoms with Gasteiger partial charge >= 0.3 is 0 Å². The van der Waals surface area contributed by atoms with Crippen LogP contribution >= 0.6 is 12.4 Å². The standard InChI is InChI=1S/C14H26N4O.ClH/c1-10(15)11-5-7-18(8-6-11)9-12-16-13(17-19-12)14(2,3)4;/h10-11H,5-9,15H2,1-4H3;1H. The molecule has 2 N–H and O–H groups in total. The summed E-state index contributed by atoms with van der Waals surface area (Å²) in [5.41, 5.74) is 5.91. The van der Waals surface area contributed by atoms with E-state index < -0.39 is 0 Å². The Morgan fingerprint density at radius 1 is 1.35 bits per heavy atom. The molecule has 2 heterocycles. The molecule has 116 valence electrons. The lowest BCUT2D eigenvalue weighted by molar-refractivity contribution is 0.149. The van der Waals surface area contributed by atoms with E-state index in [0.29, 0.717) is 12.0 Å². The van der Waals surface area contributed by atoms with Crippen LogP contribution in [-0.4, -0.2) is 34.2 Å². The molecule has 0 saturated carbocycles. The molecule has 0 radical (unpaired) electrons. The molecule has 1 aromatic rings. The molecular formula is C14H27ClN4O. The van der Waals surface area contributed by atoms with Crippen molar-refractivity contribution in [2.45, 2.75) is 58.5 Å². The van der Waals surface area contributed by atoms with Crippen molar-refractivity contribution in [3.8, 4) is 0 Å². The fourth-order valence-electron chi connectivity index (χ4n) is 2.45. The van der Waals surface area contributed by atoms with Crippen LogP contribution in [0.15, 0.2) is 4.52 Å². The van der Waals surface area contributed by atoms with Crippen molar-refractivity contribution in [2.75, 3.05) is 13.1 Å². The molecule has 1 unspecified atom stereocenters. The molecule has 2 rings (SSSR count). The third-order valence-corrected chi connectivity index (χ3v) is 3.87. The molecule has 1 saturated heterocycles. The van der Waals surface area contributed by atoms with E-state index in [4.69, 9.17) is 10.3 Å². The predicted octanol–water partition coefficient (Wildman–Crippen LogP) is 2.35. The van der Waals surface area contributed by atoms with E-state index in [1.807, 2.05) is 0 Å². The van der Waals surface area contributed by atoms with Gasteiger partial charge in [-0.25, -0.2) is 0 Å². The van der Waals surface area contributed by atoms with Crippen LogP contribution < -0.4 is 5.73 Å².